The third-order valence-electron chi connectivity index (χ3n) is 1.62. The topological polar surface area (TPSA) is 29.5 Å². The van der Waals surface area contributed by atoms with Crippen molar-refractivity contribution in [2.24, 2.45) is 0 Å². The molecule has 0 saturated carbocycles. The van der Waals surface area contributed by atoms with Crippen LogP contribution in [0.5, 0.6) is 5.75 Å². The van der Waals surface area contributed by atoms with Crippen molar-refractivity contribution in [3.8, 4) is 5.75 Å². The normalized spacial score (nSPS) is 12.6. The molecule has 1 unspecified atom stereocenters. The first-order chi connectivity index (χ1) is 6.09. The van der Waals surface area contributed by atoms with Crippen molar-refractivity contribution in [2.75, 3.05) is 6.61 Å². The largest absolute Gasteiger partial charge is 0.491 e. The second kappa shape index (κ2) is 4.49. The van der Waals surface area contributed by atoms with Gasteiger partial charge < -0.3 is 9.84 Å². The molecule has 0 aliphatic heterocycles. The molecule has 0 aromatic heterocycles. The van der Waals surface area contributed by atoms with Gasteiger partial charge in [-0.15, -0.1) is 0 Å². The zero-order chi connectivity index (χ0) is 9.84. The number of hydrogen-bond acceptors (Lipinski definition) is 2. The summed E-state index contributed by atoms with van der Waals surface area (Å²) in [5, 5.41) is 9.71. The lowest BCUT2D eigenvalue weighted by molar-refractivity contribution is 0.122. The summed E-state index contributed by atoms with van der Waals surface area (Å²) in [5.41, 5.74) is 0.977. The smallest absolute Gasteiger partial charge is 0.119 e. The van der Waals surface area contributed by atoms with Gasteiger partial charge in [-0.2, -0.15) is 0 Å². The Morgan fingerprint density at radius 1 is 1.54 bits per heavy atom. The van der Waals surface area contributed by atoms with Gasteiger partial charge in [0, 0.05) is 5.02 Å². The maximum atomic E-state index is 8.99. The third kappa shape index (κ3) is 3.25. The number of aryl methyl sites for hydroxylation is 1. The van der Waals surface area contributed by atoms with Crippen LogP contribution in [0.3, 0.4) is 0 Å². The fourth-order valence-corrected chi connectivity index (χ4v) is 1.04. The number of ether oxygens (including phenoxy) is 1. The number of hydrogen-bond donors (Lipinski definition) is 1. The molecule has 0 heterocycles. The summed E-state index contributed by atoms with van der Waals surface area (Å²) in [4.78, 5) is 0. The number of halogens is 1. The van der Waals surface area contributed by atoms with Crippen LogP contribution in [0.2, 0.25) is 5.02 Å². The molecule has 1 N–H and O–H groups in total. The predicted octanol–water partition coefficient (Wildman–Crippen LogP) is 2.41. The van der Waals surface area contributed by atoms with E-state index in [1.54, 1.807) is 19.1 Å². The molecule has 1 rings (SSSR count). The second-order valence-electron chi connectivity index (χ2n) is 3.07. The Balaban J connectivity index is 2.63. The summed E-state index contributed by atoms with van der Waals surface area (Å²) in [6, 6.07) is 5.43. The van der Waals surface area contributed by atoms with Crippen LogP contribution < -0.4 is 4.74 Å². The van der Waals surface area contributed by atoms with Crippen molar-refractivity contribution in [3.05, 3.63) is 28.8 Å². The van der Waals surface area contributed by atoms with E-state index in [-0.39, 0.29) is 0 Å². The number of rotatable bonds is 3. The number of aliphatic hydroxyl groups excluding tert-OH is 1. The van der Waals surface area contributed by atoms with Crippen LogP contribution in [-0.2, 0) is 0 Å². The molecule has 1 aromatic rings. The van der Waals surface area contributed by atoms with Crippen molar-refractivity contribution in [2.45, 2.75) is 20.0 Å². The van der Waals surface area contributed by atoms with Gasteiger partial charge in [-0.1, -0.05) is 11.6 Å². The van der Waals surface area contributed by atoms with Gasteiger partial charge in [-0.25, -0.2) is 0 Å². The molecule has 0 radical (unpaired) electrons. The zero-order valence-electron chi connectivity index (χ0n) is 7.75. The van der Waals surface area contributed by atoms with Crippen molar-refractivity contribution >= 4 is 11.6 Å². The molecule has 2 nitrogen and oxygen atoms in total. The highest BCUT2D eigenvalue weighted by atomic mass is 35.5. The fourth-order valence-electron chi connectivity index (χ4n) is 0.924. The summed E-state index contributed by atoms with van der Waals surface area (Å²) in [5.74, 6) is 0.739. The molecule has 3 heteroatoms. The van der Waals surface area contributed by atoms with E-state index >= 15 is 0 Å². The van der Waals surface area contributed by atoms with Crippen molar-refractivity contribution in [1.29, 1.82) is 0 Å². The summed E-state index contributed by atoms with van der Waals surface area (Å²) in [6.45, 7) is 3.90. The van der Waals surface area contributed by atoms with Crippen LogP contribution in [-0.4, -0.2) is 17.8 Å². The van der Waals surface area contributed by atoms with Gasteiger partial charge in [0.2, 0.25) is 0 Å². The highest BCUT2D eigenvalue weighted by Gasteiger charge is 2.00. The number of aliphatic hydroxyl groups is 1. The van der Waals surface area contributed by atoms with Gasteiger partial charge in [-0.05, 0) is 37.6 Å². The van der Waals surface area contributed by atoms with Crippen molar-refractivity contribution in [1.82, 2.24) is 0 Å². The van der Waals surface area contributed by atoms with Gasteiger partial charge in [0.25, 0.3) is 0 Å². The third-order valence-corrected chi connectivity index (χ3v) is 2.04. The fraction of sp³-hybridized carbons (Fsp3) is 0.400. The molecule has 0 spiro atoms. The molecule has 13 heavy (non-hydrogen) atoms. The van der Waals surface area contributed by atoms with Crippen molar-refractivity contribution < 1.29 is 9.84 Å². The van der Waals surface area contributed by atoms with Crippen LogP contribution in [0, 0.1) is 6.92 Å². The molecule has 0 aliphatic carbocycles. The minimum absolute atomic E-state index is 0.307. The highest BCUT2D eigenvalue weighted by molar-refractivity contribution is 6.31. The van der Waals surface area contributed by atoms with Gasteiger partial charge in [0.1, 0.15) is 12.4 Å². The summed E-state index contributed by atoms with van der Waals surface area (Å²) < 4.78 is 5.29. The van der Waals surface area contributed by atoms with E-state index in [1.165, 1.54) is 0 Å². The SMILES string of the molecule is Cc1cc(OCC(C)O)ccc1Cl. The average molecular weight is 201 g/mol. The Kier molecular flexibility index (Phi) is 3.58. The zero-order valence-corrected chi connectivity index (χ0v) is 8.51. The van der Waals surface area contributed by atoms with Crippen LogP contribution in [0.25, 0.3) is 0 Å². The highest BCUT2D eigenvalue weighted by Crippen LogP contribution is 2.20. The summed E-state index contributed by atoms with van der Waals surface area (Å²) >= 11 is 5.84. The monoisotopic (exact) mass is 200 g/mol. The molecule has 0 amide bonds. The quantitative estimate of drug-likeness (QED) is 0.812. The summed E-state index contributed by atoms with van der Waals surface area (Å²) in [6.07, 6.45) is -0.448. The maximum Gasteiger partial charge on any atom is 0.119 e. The lowest BCUT2D eigenvalue weighted by Crippen LogP contribution is -2.12. The van der Waals surface area contributed by atoms with Crippen LogP contribution in [0.15, 0.2) is 18.2 Å². The molecule has 0 bridgehead atoms. The first-order valence-corrected chi connectivity index (χ1v) is 4.54. The molecule has 1 atom stereocenters. The first kappa shape index (κ1) is 10.4. The molecule has 0 aliphatic rings. The van der Waals surface area contributed by atoms with E-state index < -0.39 is 6.10 Å². The van der Waals surface area contributed by atoms with Gasteiger partial charge in [-0.3, -0.25) is 0 Å². The van der Waals surface area contributed by atoms with Gasteiger partial charge >= 0.3 is 0 Å². The Bertz CT molecular complexity index is 284. The molecule has 1 aromatic carbocycles. The van der Waals surface area contributed by atoms with E-state index in [4.69, 9.17) is 21.4 Å². The van der Waals surface area contributed by atoms with E-state index in [1.807, 2.05) is 13.0 Å². The Morgan fingerprint density at radius 3 is 2.77 bits per heavy atom. The van der Waals surface area contributed by atoms with Gasteiger partial charge in [0.05, 0.1) is 6.10 Å². The minimum Gasteiger partial charge on any atom is -0.491 e. The second-order valence-corrected chi connectivity index (χ2v) is 3.48. The first-order valence-electron chi connectivity index (χ1n) is 4.16. The number of benzene rings is 1. The lowest BCUT2D eigenvalue weighted by Gasteiger charge is -2.08. The molecule has 0 saturated heterocycles. The van der Waals surface area contributed by atoms with Gasteiger partial charge in [0.15, 0.2) is 0 Å². The Morgan fingerprint density at radius 2 is 2.23 bits per heavy atom. The lowest BCUT2D eigenvalue weighted by atomic mass is 10.2. The Hall–Kier alpha value is -0.730. The van der Waals surface area contributed by atoms with Crippen LogP contribution >= 0.6 is 11.6 Å². The molecular formula is C10H13ClO2. The molecule has 72 valence electrons. The maximum absolute atomic E-state index is 8.99. The minimum atomic E-state index is -0.448. The summed E-state index contributed by atoms with van der Waals surface area (Å²) in [7, 11) is 0. The Labute approximate surface area is 83.1 Å². The van der Waals surface area contributed by atoms with Crippen LogP contribution in [0.1, 0.15) is 12.5 Å². The van der Waals surface area contributed by atoms with E-state index in [2.05, 4.69) is 0 Å². The van der Waals surface area contributed by atoms with E-state index in [0.717, 1.165) is 16.3 Å². The predicted molar refractivity (Wildman–Crippen MR) is 53.4 cm³/mol. The standard InChI is InChI=1S/C10H13ClO2/c1-7-5-9(3-4-10(7)11)13-6-8(2)12/h3-5,8,12H,6H2,1-2H3. The van der Waals surface area contributed by atoms with Crippen LogP contribution in [0.4, 0.5) is 0 Å². The van der Waals surface area contributed by atoms with E-state index in [9.17, 15) is 0 Å². The molecule has 0 fully saturated rings. The van der Waals surface area contributed by atoms with E-state index in [0.29, 0.717) is 6.61 Å². The molecular weight excluding hydrogens is 188 g/mol. The average Bonchev–Trinajstić information content (AvgIpc) is 2.07. The van der Waals surface area contributed by atoms with Crippen molar-refractivity contribution in [3.63, 3.8) is 0 Å².